The first-order valence-corrected chi connectivity index (χ1v) is 8.20. The van der Waals surface area contributed by atoms with E-state index in [1.807, 2.05) is 24.3 Å². The van der Waals surface area contributed by atoms with E-state index < -0.39 is 17.5 Å². The van der Waals surface area contributed by atoms with Gasteiger partial charge in [0.05, 0.1) is 5.69 Å². The average Bonchev–Trinajstić information content (AvgIpc) is 2.86. The molecule has 6 heteroatoms. The maximum atomic E-state index is 13.8. The monoisotopic (exact) mass is 358 g/mol. The average molecular weight is 358 g/mol. The summed E-state index contributed by atoms with van der Waals surface area (Å²) in [7, 11) is 0. The van der Waals surface area contributed by atoms with Gasteiger partial charge in [-0.2, -0.15) is 0 Å². The number of nitrogens with one attached hydrogen (secondary N) is 1. The van der Waals surface area contributed by atoms with Crippen LogP contribution in [-0.2, 0) is 4.79 Å². The van der Waals surface area contributed by atoms with Gasteiger partial charge in [-0.05, 0) is 48.0 Å². The van der Waals surface area contributed by atoms with Crippen LogP contribution in [0, 0.1) is 11.6 Å². The van der Waals surface area contributed by atoms with Gasteiger partial charge in [0.1, 0.15) is 5.70 Å². The van der Waals surface area contributed by atoms with E-state index in [1.54, 1.807) is 0 Å². The van der Waals surface area contributed by atoms with Crippen LogP contribution in [0.5, 0.6) is 0 Å². The van der Waals surface area contributed by atoms with E-state index in [0.717, 1.165) is 11.6 Å². The van der Waals surface area contributed by atoms with E-state index in [1.165, 1.54) is 23.1 Å². The minimum absolute atomic E-state index is 0.0179. The van der Waals surface area contributed by atoms with Crippen molar-refractivity contribution < 1.29 is 13.6 Å². The minimum atomic E-state index is -1.00. The number of carbonyl (C=O) groups excluding carboxylic acids is 1. The molecule has 0 bridgehead atoms. The first-order valence-electron chi connectivity index (χ1n) is 7.79. The zero-order valence-corrected chi connectivity index (χ0v) is 14.5. The molecule has 1 fully saturated rings. The molecular weight excluding hydrogens is 342 g/mol. The van der Waals surface area contributed by atoms with Gasteiger partial charge >= 0.3 is 0 Å². The minimum Gasteiger partial charge on any atom is -0.327 e. The SMILES string of the molecule is CC(C)c1ccc(N2C(=O)C(=Cc3cccc(F)c3F)NC2=S)cc1. The van der Waals surface area contributed by atoms with Crippen molar-refractivity contribution in [3.63, 3.8) is 0 Å². The molecule has 3 nitrogen and oxygen atoms in total. The normalized spacial score (nSPS) is 16.0. The highest BCUT2D eigenvalue weighted by atomic mass is 32.1. The maximum Gasteiger partial charge on any atom is 0.281 e. The molecule has 2 aromatic rings. The Hall–Kier alpha value is -2.60. The van der Waals surface area contributed by atoms with Crippen LogP contribution < -0.4 is 10.2 Å². The lowest BCUT2D eigenvalue weighted by Crippen LogP contribution is -2.30. The Morgan fingerprint density at radius 1 is 1.12 bits per heavy atom. The number of hydrogen-bond donors (Lipinski definition) is 1. The van der Waals surface area contributed by atoms with E-state index in [4.69, 9.17) is 12.2 Å². The van der Waals surface area contributed by atoms with Crippen LogP contribution in [0.25, 0.3) is 6.08 Å². The first-order chi connectivity index (χ1) is 11.9. The van der Waals surface area contributed by atoms with Gasteiger partial charge in [-0.25, -0.2) is 8.78 Å². The summed E-state index contributed by atoms with van der Waals surface area (Å²) in [6.07, 6.45) is 1.26. The predicted molar refractivity (Wildman–Crippen MR) is 98.1 cm³/mol. The highest BCUT2D eigenvalue weighted by Gasteiger charge is 2.32. The second-order valence-electron chi connectivity index (χ2n) is 6.02. The van der Waals surface area contributed by atoms with Gasteiger partial charge in [0, 0.05) is 5.56 Å². The highest BCUT2D eigenvalue weighted by molar-refractivity contribution is 7.80. The molecule has 0 atom stereocenters. The molecule has 0 radical (unpaired) electrons. The fourth-order valence-electron chi connectivity index (χ4n) is 2.57. The van der Waals surface area contributed by atoms with Crippen LogP contribution in [0.4, 0.5) is 14.5 Å². The Balaban J connectivity index is 1.92. The van der Waals surface area contributed by atoms with Crippen molar-refractivity contribution in [3.05, 3.63) is 70.9 Å². The van der Waals surface area contributed by atoms with Crippen LogP contribution >= 0.6 is 12.2 Å². The van der Waals surface area contributed by atoms with Crippen LogP contribution in [0.3, 0.4) is 0 Å². The lowest BCUT2D eigenvalue weighted by molar-refractivity contribution is -0.113. The summed E-state index contributed by atoms with van der Waals surface area (Å²) in [5, 5.41) is 2.96. The standard InChI is InChI=1S/C19H16F2N2OS/c1-11(2)12-6-8-14(9-7-12)23-18(24)16(22-19(23)25)10-13-4-3-5-15(20)17(13)21/h3-11H,1-2H3,(H,22,25). The number of rotatable bonds is 3. The molecule has 2 aromatic carbocycles. The smallest absolute Gasteiger partial charge is 0.281 e. The number of anilines is 1. The second kappa shape index (κ2) is 6.72. The van der Waals surface area contributed by atoms with Crippen LogP contribution in [0.2, 0.25) is 0 Å². The van der Waals surface area contributed by atoms with Crippen molar-refractivity contribution in [2.75, 3.05) is 4.90 Å². The summed E-state index contributed by atoms with van der Waals surface area (Å²) in [5.41, 5.74) is 1.85. The Morgan fingerprint density at radius 2 is 1.80 bits per heavy atom. The molecule has 1 N–H and O–H groups in total. The molecule has 0 unspecified atom stereocenters. The van der Waals surface area contributed by atoms with Crippen molar-refractivity contribution in [2.24, 2.45) is 0 Å². The fraction of sp³-hybridized carbons (Fsp3) is 0.158. The lowest BCUT2D eigenvalue weighted by atomic mass is 10.0. The number of benzene rings is 2. The third-order valence-corrected chi connectivity index (χ3v) is 4.26. The Labute approximate surface area is 150 Å². The molecule has 25 heavy (non-hydrogen) atoms. The molecule has 0 aromatic heterocycles. The molecule has 1 saturated heterocycles. The van der Waals surface area contributed by atoms with Crippen LogP contribution in [0.1, 0.15) is 30.9 Å². The van der Waals surface area contributed by atoms with Gasteiger partial charge in [-0.15, -0.1) is 0 Å². The first kappa shape index (κ1) is 17.2. The number of thiocarbonyl (C=S) groups is 1. The van der Waals surface area contributed by atoms with E-state index >= 15 is 0 Å². The summed E-state index contributed by atoms with van der Waals surface area (Å²) >= 11 is 5.22. The maximum absolute atomic E-state index is 13.8. The summed E-state index contributed by atoms with van der Waals surface area (Å²) in [5.74, 6) is -2.01. The molecule has 0 aliphatic carbocycles. The largest absolute Gasteiger partial charge is 0.327 e. The van der Waals surface area contributed by atoms with Crippen molar-refractivity contribution >= 4 is 35.0 Å². The second-order valence-corrected chi connectivity index (χ2v) is 6.40. The van der Waals surface area contributed by atoms with Crippen molar-refractivity contribution in [1.29, 1.82) is 0 Å². The van der Waals surface area contributed by atoms with Gasteiger partial charge in [0.2, 0.25) is 0 Å². The molecule has 0 saturated carbocycles. The van der Waals surface area contributed by atoms with Gasteiger partial charge < -0.3 is 5.32 Å². The van der Waals surface area contributed by atoms with Gasteiger partial charge in [-0.1, -0.05) is 38.1 Å². The van der Waals surface area contributed by atoms with E-state index in [-0.39, 0.29) is 16.4 Å². The predicted octanol–water partition coefficient (Wildman–Crippen LogP) is 4.35. The molecular formula is C19H16F2N2OS. The molecule has 3 rings (SSSR count). The molecule has 1 aliphatic heterocycles. The number of amides is 1. The van der Waals surface area contributed by atoms with Gasteiger partial charge in [0.25, 0.3) is 5.91 Å². The fourth-order valence-corrected chi connectivity index (χ4v) is 2.86. The van der Waals surface area contributed by atoms with E-state index in [9.17, 15) is 13.6 Å². The number of hydrogen-bond acceptors (Lipinski definition) is 2. The zero-order chi connectivity index (χ0) is 18.1. The Kier molecular flexibility index (Phi) is 4.63. The molecule has 1 aliphatic rings. The molecule has 1 amide bonds. The Bertz CT molecular complexity index is 875. The summed E-state index contributed by atoms with van der Waals surface area (Å²) in [6, 6.07) is 11.3. The van der Waals surface area contributed by atoms with Crippen molar-refractivity contribution in [2.45, 2.75) is 19.8 Å². The third kappa shape index (κ3) is 3.30. The summed E-state index contributed by atoms with van der Waals surface area (Å²) in [6.45, 7) is 4.16. The van der Waals surface area contributed by atoms with Crippen LogP contribution in [0.15, 0.2) is 48.2 Å². The number of carbonyl (C=O) groups is 1. The summed E-state index contributed by atoms with van der Waals surface area (Å²) in [4.78, 5) is 14.0. The third-order valence-electron chi connectivity index (χ3n) is 3.98. The van der Waals surface area contributed by atoms with Crippen LogP contribution in [-0.4, -0.2) is 11.0 Å². The van der Waals surface area contributed by atoms with Crippen molar-refractivity contribution in [3.8, 4) is 0 Å². The zero-order valence-electron chi connectivity index (χ0n) is 13.7. The lowest BCUT2D eigenvalue weighted by Gasteiger charge is -2.15. The summed E-state index contributed by atoms with van der Waals surface area (Å²) < 4.78 is 27.1. The van der Waals surface area contributed by atoms with E-state index in [2.05, 4.69) is 19.2 Å². The number of halogens is 2. The molecule has 128 valence electrons. The number of nitrogens with zero attached hydrogens (tertiary/aromatic N) is 1. The van der Waals surface area contributed by atoms with Crippen molar-refractivity contribution in [1.82, 2.24) is 5.32 Å². The topological polar surface area (TPSA) is 32.3 Å². The van der Waals surface area contributed by atoms with Gasteiger partial charge in [0.15, 0.2) is 16.7 Å². The highest BCUT2D eigenvalue weighted by Crippen LogP contribution is 2.25. The quantitative estimate of drug-likeness (QED) is 0.654. The molecule has 1 heterocycles. The Morgan fingerprint density at radius 3 is 2.44 bits per heavy atom. The van der Waals surface area contributed by atoms with Gasteiger partial charge in [-0.3, -0.25) is 9.69 Å². The molecule has 0 spiro atoms. The van der Waals surface area contributed by atoms with E-state index in [0.29, 0.717) is 11.6 Å².